The van der Waals surface area contributed by atoms with E-state index in [4.69, 9.17) is 9.47 Å². The number of amides is 1. The van der Waals surface area contributed by atoms with Gasteiger partial charge in [0.2, 0.25) is 5.91 Å². The molecule has 0 aromatic heterocycles. The normalized spacial score (nSPS) is 13.5. The van der Waals surface area contributed by atoms with Crippen molar-refractivity contribution >= 4 is 5.91 Å². The van der Waals surface area contributed by atoms with Crippen LogP contribution in [0.15, 0.2) is 42.5 Å². The predicted octanol–water partition coefficient (Wildman–Crippen LogP) is 4.00. The summed E-state index contributed by atoms with van der Waals surface area (Å²) in [4.78, 5) is 12.0. The third-order valence-electron chi connectivity index (χ3n) is 4.10. The molecule has 0 fully saturated rings. The number of alkyl halides is 3. The standard InChI is InChI=1S/C20H20F3NO4/c21-20(22,23)28-16-6-2-14(3-7-16)5-9-19(25)24-13-15-4-8-17-18(12-15)27-11-1-10-26-17/h2-4,6-8,12H,1,5,9-11,13H2,(H,24,25). The third kappa shape index (κ3) is 6.07. The Hall–Kier alpha value is -2.90. The number of carbonyl (C=O) groups is 1. The summed E-state index contributed by atoms with van der Waals surface area (Å²) in [6.45, 7) is 1.57. The van der Waals surface area contributed by atoms with E-state index in [9.17, 15) is 18.0 Å². The monoisotopic (exact) mass is 395 g/mol. The van der Waals surface area contributed by atoms with Gasteiger partial charge >= 0.3 is 6.36 Å². The molecule has 0 bridgehead atoms. The summed E-state index contributed by atoms with van der Waals surface area (Å²) in [6.07, 6.45) is -3.25. The summed E-state index contributed by atoms with van der Waals surface area (Å²) in [5.41, 5.74) is 1.64. The molecule has 0 saturated heterocycles. The van der Waals surface area contributed by atoms with Gasteiger partial charge in [0.1, 0.15) is 5.75 Å². The third-order valence-corrected chi connectivity index (χ3v) is 4.10. The van der Waals surface area contributed by atoms with Gasteiger partial charge in [0.15, 0.2) is 11.5 Å². The van der Waals surface area contributed by atoms with Crippen LogP contribution in [-0.4, -0.2) is 25.5 Å². The maximum atomic E-state index is 12.1. The fourth-order valence-electron chi connectivity index (χ4n) is 2.72. The molecule has 1 heterocycles. The van der Waals surface area contributed by atoms with Gasteiger partial charge in [-0.3, -0.25) is 4.79 Å². The number of halogens is 3. The Labute approximate surface area is 160 Å². The minimum absolute atomic E-state index is 0.150. The number of hydrogen-bond acceptors (Lipinski definition) is 4. The smallest absolute Gasteiger partial charge is 0.490 e. The molecule has 0 aliphatic carbocycles. The average Bonchev–Trinajstić information content (AvgIpc) is 2.89. The molecule has 0 saturated carbocycles. The average molecular weight is 395 g/mol. The van der Waals surface area contributed by atoms with Crippen molar-refractivity contribution in [3.8, 4) is 17.2 Å². The Kier molecular flexibility index (Phi) is 6.28. The Bertz CT molecular complexity index is 806. The van der Waals surface area contributed by atoms with Gasteiger partial charge in [-0.05, 0) is 41.8 Å². The van der Waals surface area contributed by atoms with E-state index in [1.165, 1.54) is 24.3 Å². The van der Waals surface area contributed by atoms with Gasteiger partial charge in [-0.15, -0.1) is 13.2 Å². The maximum Gasteiger partial charge on any atom is 0.573 e. The number of benzene rings is 2. The Morgan fingerprint density at radius 3 is 2.39 bits per heavy atom. The van der Waals surface area contributed by atoms with Gasteiger partial charge in [0.05, 0.1) is 13.2 Å². The second kappa shape index (κ2) is 8.86. The van der Waals surface area contributed by atoms with Gasteiger partial charge < -0.3 is 19.5 Å². The Balaban J connectivity index is 1.45. The zero-order valence-electron chi connectivity index (χ0n) is 15.1. The van der Waals surface area contributed by atoms with Gasteiger partial charge in [0.25, 0.3) is 0 Å². The lowest BCUT2D eigenvalue weighted by Crippen LogP contribution is -2.23. The molecule has 3 rings (SSSR count). The molecule has 0 atom stereocenters. The van der Waals surface area contributed by atoms with Crippen molar-refractivity contribution in [1.29, 1.82) is 0 Å². The molecular weight excluding hydrogens is 375 g/mol. The van der Waals surface area contributed by atoms with Crippen molar-refractivity contribution in [3.63, 3.8) is 0 Å². The second-order valence-corrected chi connectivity index (χ2v) is 6.30. The lowest BCUT2D eigenvalue weighted by molar-refractivity contribution is -0.274. The molecule has 1 aliphatic heterocycles. The molecule has 0 radical (unpaired) electrons. The van der Waals surface area contributed by atoms with Crippen molar-refractivity contribution in [2.24, 2.45) is 0 Å². The zero-order chi connectivity index (χ0) is 20.0. The summed E-state index contributed by atoms with van der Waals surface area (Å²) < 4.78 is 51.4. The van der Waals surface area contributed by atoms with Gasteiger partial charge in [-0.2, -0.15) is 0 Å². The van der Waals surface area contributed by atoms with Crippen molar-refractivity contribution in [2.75, 3.05) is 13.2 Å². The number of ether oxygens (including phenoxy) is 3. The van der Waals surface area contributed by atoms with E-state index in [1.54, 1.807) is 0 Å². The number of carbonyl (C=O) groups excluding carboxylic acids is 1. The summed E-state index contributed by atoms with van der Waals surface area (Å²) in [6, 6.07) is 11.0. The van der Waals surface area contributed by atoms with Crippen LogP contribution in [0.2, 0.25) is 0 Å². The summed E-state index contributed by atoms with van der Waals surface area (Å²) in [7, 11) is 0. The highest BCUT2D eigenvalue weighted by molar-refractivity contribution is 5.76. The first-order chi connectivity index (χ1) is 13.4. The van der Waals surface area contributed by atoms with Crippen molar-refractivity contribution in [1.82, 2.24) is 5.32 Å². The van der Waals surface area contributed by atoms with E-state index < -0.39 is 6.36 Å². The highest BCUT2D eigenvalue weighted by atomic mass is 19.4. The SMILES string of the molecule is O=C(CCc1ccc(OC(F)(F)F)cc1)NCc1ccc2c(c1)OCCCO2. The second-order valence-electron chi connectivity index (χ2n) is 6.30. The van der Waals surface area contributed by atoms with Crippen LogP contribution in [0, 0.1) is 0 Å². The van der Waals surface area contributed by atoms with Crippen molar-refractivity contribution in [2.45, 2.75) is 32.2 Å². The first-order valence-electron chi connectivity index (χ1n) is 8.89. The van der Waals surface area contributed by atoms with Crippen LogP contribution in [-0.2, 0) is 17.8 Å². The molecular formula is C20H20F3NO4. The van der Waals surface area contributed by atoms with Gasteiger partial charge in [0, 0.05) is 19.4 Å². The minimum atomic E-state index is -4.71. The Morgan fingerprint density at radius 2 is 1.68 bits per heavy atom. The van der Waals surface area contributed by atoms with E-state index in [1.807, 2.05) is 18.2 Å². The molecule has 5 nitrogen and oxygen atoms in total. The van der Waals surface area contributed by atoms with E-state index in [0.717, 1.165) is 17.5 Å². The summed E-state index contributed by atoms with van der Waals surface area (Å²) in [5, 5.41) is 2.83. The van der Waals surface area contributed by atoms with Crippen LogP contribution >= 0.6 is 0 Å². The fourth-order valence-corrected chi connectivity index (χ4v) is 2.72. The quantitative estimate of drug-likeness (QED) is 0.804. The molecule has 0 spiro atoms. The van der Waals surface area contributed by atoms with Gasteiger partial charge in [-0.1, -0.05) is 18.2 Å². The van der Waals surface area contributed by atoms with Crippen molar-refractivity contribution in [3.05, 3.63) is 53.6 Å². The Morgan fingerprint density at radius 1 is 1.00 bits per heavy atom. The first-order valence-corrected chi connectivity index (χ1v) is 8.89. The predicted molar refractivity (Wildman–Crippen MR) is 95.3 cm³/mol. The first kappa shape index (κ1) is 19.9. The number of rotatable bonds is 6. The van der Waals surface area contributed by atoms with E-state index in [2.05, 4.69) is 10.1 Å². The molecule has 28 heavy (non-hydrogen) atoms. The molecule has 8 heteroatoms. The maximum absolute atomic E-state index is 12.1. The number of aryl methyl sites for hydroxylation is 1. The van der Waals surface area contributed by atoms with E-state index in [-0.39, 0.29) is 18.1 Å². The van der Waals surface area contributed by atoms with Crippen LogP contribution in [0.4, 0.5) is 13.2 Å². The molecule has 2 aromatic carbocycles. The van der Waals surface area contributed by atoms with Gasteiger partial charge in [-0.25, -0.2) is 0 Å². The highest BCUT2D eigenvalue weighted by Crippen LogP contribution is 2.30. The molecule has 1 aliphatic rings. The zero-order valence-corrected chi connectivity index (χ0v) is 15.1. The van der Waals surface area contributed by atoms with Crippen molar-refractivity contribution < 1.29 is 32.2 Å². The number of hydrogen-bond donors (Lipinski definition) is 1. The summed E-state index contributed by atoms with van der Waals surface area (Å²) in [5.74, 6) is 0.939. The van der Waals surface area contributed by atoms with Crippen LogP contribution in [0.3, 0.4) is 0 Å². The van der Waals surface area contributed by atoms with E-state index in [0.29, 0.717) is 37.7 Å². The molecule has 2 aromatic rings. The molecule has 150 valence electrons. The highest BCUT2D eigenvalue weighted by Gasteiger charge is 2.30. The number of nitrogens with one attached hydrogen (secondary N) is 1. The van der Waals surface area contributed by atoms with Crippen LogP contribution in [0.25, 0.3) is 0 Å². The largest absolute Gasteiger partial charge is 0.573 e. The minimum Gasteiger partial charge on any atom is -0.490 e. The summed E-state index contributed by atoms with van der Waals surface area (Å²) >= 11 is 0. The van der Waals surface area contributed by atoms with E-state index >= 15 is 0 Å². The van der Waals surface area contributed by atoms with Crippen LogP contribution in [0.1, 0.15) is 24.0 Å². The van der Waals surface area contributed by atoms with Crippen LogP contribution in [0.5, 0.6) is 17.2 Å². The number of fused-ring (bicyclic) bond motifs is 1. The topological polar surface area (TPSA) is 56.8 Å². The fraction of sp³-hybridized carbons (Fsp3) is 0.350. The molecule has 1 amide bonds. The molecule has 0 unspecified atom stereocenters. The van der Waals surface area contributed by atoms with Crippen LogP contribution < -0.4 is 19.5 Å². The lowest BCUT2D eigenvalue weighted by atomic mass is 10.1. The lowest BCUT2D eigenvalue weighted by Gasteiger charge is -2.11. The molecule has 1 N–H and O–H groups in total.